The quantitative estimate of drug-likeness (QED) is 0.320. The number of hydrogen-bond acceptors (Lipinski definition) is 6. The van der Waals surface area contributed by atoms with Crippen LogP contribution < -0.4 is 24.2 Å². The van der Waals surface area contributed by atoms with Crippen molar-refractivity contribution in [2.45, 2.75) is 39.3 Å². The molecule has 8 nitrogen and oxygen atoms in total. The molecule has 2 aliphatic rings. The van der Waals surface area contributed by atoms with E-state index in [1.807, 2.05) is 34.9 Å². The molecule has 0 bridgehead atoms. The molecule has 1 N–H and O–H groups in total. The van der Waals surface area contributed by atoms with Gasteiger partial charge in [0.1, 0.15) is 11.9 Å². The summed E-state index contributed by atoms with van der Waals surface area (Å²) in [6.45, 7) is 7.57. The Kier molecular flexibility index (Phi) is 7.54. The van der Waals surface area contributed by atoms with Crippen LogP contribution in [-0.4, -0.2) is 63.1 Å². The molecule has 2 heterocycles. The van der Waals surface area contributed by atoms with E-state index < -0.39 is 23.5 Å². The third kappa shape index (κ3) is 4.91. The van der Waals surface area contributed by atoms with Gasteiger partial charge in [-0.25, -0.2) is 0 Å². The number of hydrogen-bond donors (Lipinski definition) is 1. The highest BCUT2D eigenvalue weighted by Crippen LogP contribution is 2.42. The van der Waals surface area contributed by atoms with E-state index in [-0.39, 0.29) is 11.7 Å². The molecule has 1 amide bonds. The third-order valence-corrected chi connectivity index (χ3v) is 6.42. The summed E-state index contributed by atoms with van der Waals surface area (Å²) in [5.74, 6) is -0.0173. The Bertz CT molecular complexity index is 1190. The number of nitrogens with one attached hydrogen (secondary N) is 1. The number of carbonyl (C=O) groups is 2. The molecule has 2 aliphatic heterocycles. The number of carbonyl (C=O) groups excluding carboxylic acids is 2. The second-order valence-corrected chi connectivity index (χ2v) is 9.46. The molecule has 2 unspecified atom stereocenters. The maximum absolute atomic E-state index is 13.8. The number of nitrogens with zero attached hydrogens (tertiary/aromatic N) is 1. The first-order chi connectivity index (χ1) is 17.2. The Morgan fingerprint density at radius 1 is 1.08 bits per heavy atom. The maximum Gasteiger partial charge on any atom is 0.295 e. The molecule has 1 fully saturated rings. The minimum atomic E-state index is -0.810. The molecule has 8 heteroatoms. The van der Waals surface area contributed by atoms with Crippen LogP contribution in [0.1, 0.15) is 43.5 Å². The molecule has 0 aromatic heterocycles. The normalized spacial score (nSPS) is 20.6. The summed E-state index contributed by atoms with van der Waals surface area (Å²) in [5.41, 5.74) is 1.90. The van der Waals surface area contributed by atoms with Crippen molar-refractivity contribution in [3.63, 3.8) is 0 Å². The number of amides is 1. The summed E-state index contributed by atoms with van der Waals surface area (Å²) in [4.78, 5) is 29.1. The van der Waals surface area contributed by atoms with Gasteiger partial charge < -0.3 is 29.1 Å². The van der Waals surface area contributed by atoms with Gasteiger partial charge in [-0.05, 0) is 61.7 Å². The first-order valence-corrected chi connectivity index (χ1v) is 12.5. The van der Waals surface area contributed by atoms with E-state index in [4.69, 9.17) is 14.2 Å². The fourth-order valence-corrected chi connectivity index (χ4v) is 4.75. The highest BCUT2D eigenvalue weighted by atomic mass is 16.5. The Hall–Kier alpha value is -3.52. The molecule has 0 radical (unpaired) electrons. The average Bonchev–Trinajstić information content (AvgIpc) is 3.34. The summed E-state index contributed by atoms with van der Waals surface area (Å²) in [5, 5.41) is 13.8. The lowest BCUT2D eigenvalue weighted by Crippen LogP contribution is -3.06. The Morgan fingerprint density at radius 3 is 2.50 bits per heavy atom. The van der Waals surface area contributed by atoms with Crippen LogP contribution in [0.3, 0.4) is 0 Å². The number of fused-ring (bicyclic) bond motifs is 1. The van der Waals surface area contributed by atoms with E-state index in [2.05, 4.69) is 0 Å². The number of benzene rings is 2. The number of ketones is 1. The highest BCUT2D eigenvalue weighted by molar-refractivity contribution is 6.46. The van der Waals surface area contributed by atoms with E-state index in [0.717, 1.165) is 16.2 Å². The second kappa shape index (κ2) is 10.6. The smallest absolute Gasteiger partial charge is 0.295 e. The first-order valence-electron chi connectivity index (χ1n) is 12.5. The molecule has 2 aromatic rings. The van der Waals surface area contributed by atoms with E-state index in [0.29, 0.717) is 55.4 Å². The van der Waals surface area contributed by atoms with Gasteiger partial charge in [0.15, 0.2) is 11.5 Å². The van der Waals surface area contributed by atoms with Gasteiger partial charge in [0.25, 0.3) is 5.91 Å². The summed E-state index contributed by atoms with van der Waals surface area (Å²) in [6, 6.07) is 9.73. The van der Waals surface area contributed by atoms with Crippen LogP contribution in [0.2, 0.25) is 0 Å². The first kappa shape index (κ1) is 25.6. The number of quaternary nitrogens is 1. The highest BCUT2D eigenvalue weighted by Gasteiger charge is 2.44. The van der Waals surface area contributed by atoms with E-state index in [1.54, 1.807) is 36.4 Å². The zero-order valence-electron chi connectivity index (χ0n) is 21.6. The van der Waals surface area contributed by atoms with Gasteiger partial charge in [-0.2, -0.15) is 0 Å². The average molecular weight is 495 g/mol. The van der Waals surface area contributed by atoms with Crippen LogP contribution in [0.5, 0.6) is 17.2 Å². The van der Waals surface area contributed by atoms with Crippen molar-refractivity contribution in [2.75, 3.05) is 40.4 Å². The summed E-state index contributed by atoms with van der Waals surface area (Å²) in [6.07, 6.45) is 0.724. The lowest BCUT2D eigenvalue weighted by molar-refractivity contribution is -0.857. The third-order valence-electron chi connectivity index (χ3n) is 6.42. The predicted molar refractivity (Wildman–Crippen MR) is 133 cm³/mol. The Labute approximate surface area is 212 Å². The minimum Gasteiger partial charge on any atom is -0.872 e. The number of likely N-dealkylation sites (N-methyl/N-ethyl adjacent to an activating group) is 1. The number of Topliss-reactive ketones (excluding diaryl/α,β-unsaturated/α-hetero) is 1. The summed E-state index contributed by atoms with van der Waals surface area (Å²) in [7, 11) is 3.95. The van der Waals surface area contributed by atoms with Crippen molar-refractivity contribution < 1.29 is 33.8 Å². The fraction of sp³-hybridized carbons (Fsp3) is 0.429. The SMILES string of the molecule is CCOc1ccc(C2/C(=C(\[O-])c3ccc4c(c3)CC(C)O4)C(=O)C(=O)N2CC[NH+](C)C)cc1OCC. The molecule has 2 atom stereocenters. The molecule has 36 heavy (non-hydrogen) atoms. The number of ether oxygens (including phenoxy) is 3. The van der Waals surface area contributed by atoms with E-state index in [1.165, 1.54) is 4.90 Å². The van der Waals surface area contributed by atoms with Gasteiger partial charge in [0.2, 0.25) is 5.78 Å². The van der Waals surface area contributed by atoms with Crippen molar-refractivity contribution in [2.24, 2.45) is 0 Å². The minimum absolute atomic E-state index is 0.0327. The maximum atomic E-state index is 13.8. The van der Waals surface area contributed by atoms with Crippen LogP contribution in [0, 0.1) is 0 Å². The van der Waals surface area contributed by atoms with Crippen molar-refractivity contribution in [1.82, 2.24) is 4.90 Å². The van der Waals surface area contributed by atoms with Gasteiger partial charge in [0, 0.05) is 12.0 Å². The Balaban J connectivity index is 1.84. The van der Waals surface area contributed by atoms with Crippen molar-refractivity contribution in [1.29, 1.82) is 0 Å². The molecular weight excluding hydrogens is 460 g/mol. The second-order valence-electron chi connectivity index (χ2n) is 9.46. The molecule has 1 saturated heterocycles. The van der Waals surface area contributed by atoms with Crippen LogP contribution in [0.15, 0.2) is 42.0 Å². The standard InChI is InChI=1S/C28H34N2O6/c1-6-34-22-11-8-18(16-23(22)35-7-2)25-24(27(32)28(33)30(25)13-12-29(4)5)26(31)19-9-10-21-20(15-19)14-17(3)36-21/h8-11,15-17,25,31H,6-7,12-14H2,1-5H3/b26-24+. The molecule has 4 rings (SSSR count). The monoisotopic (exact) mass is 494 g/mol. The zero-order chi connectivity index (χ0) is 26.0. The molecular formula is C28H34N2O6. The van der Waals surface area contributed by atoms with Crippen LogP contribution >= 0.6 is 0 Å². The van der Waals surface area contributed by atoms with E-state index in [9.17, 15) is 14.7 Å². The van der Waals surface area contributed by atoms with Gasteiger partial charge >= 0.3 is 0 Å². The topological polar surface area (TPSA) is 92.6 Å². The van der Waals surface area contributed by atoms with Gasteiger partial charge in [-0.15, -0.1) is 0 Å². The van der Waals surface area contributed by atoms with Gasteiger partial charge in [0.05, 0.1) is 46.4 Å². The molecule has 0 spiro atoms. The summed E-state index contributed by atoms with van der Waals surface area (Å²) >= 11 is 0. The van der Waals surface area contributed by atoms with Crippen molar-refractivity contribution >= 4 is 17.4 Å². The lowest BCUT2D eigenvalue weighted by atomic mass is 9.94. The van der Waals surface area contributed by atoms with Crippen LogP contribution in [0.4, 0.5) is 0 Å². The summed E-state index contributed by atoms with van der Waals surface area (Å²) < 4.78 is 17.2. The molecule has 0 saturated carbocycles. The van der Waals surface area contributed by atoms with Gasteiger partial charge in [-0.1, -0.05) is 17.9 Å². The van der Waals surface area contributed by atoms with E-state index >= 15 is 0 Å². The fourth-order valence-electron chi connectivity index (χ4n) is 4.75. The zero-order valence-corrected chi connectivity index (χ0v) is 21.6. The lowest BCUT2D eigenvalue weighted by Gasteiger charge is -2.28. The van der Waals surface area contributed by atoms with Crippen LogP contribution in [-0.2, 0) is 16.0 Å². The van der Waals surface area contributed by atoms with Gasteiger partial charge in [-0.3, -0.25) is 9.59 Å². The molecule has 192 valence electrons. The Morgan fingerprint density at radius 2 is 1.81 bits per heavy atom. The number of rotatable bonds is 9. The largest absolute Gasteiger partial charge is 0.872 e. The molecule has 0 aliphatic carbocycles. The van der Waals surface area contributed by atoms with Crippen LogP contribution in [0.25, 0.3) is 5.76 Å². The number of likely N-dealkylation sites (tertiary alicyclic amines) is 1. The predicted octanol–water partition coefficient (Wildman–Crippen LogP) is 1.18. The van der Waals surface area contributed by atoms with Crippen molar-refractivity contribution in [3.05, 3.63) is 58.7 Å². The van der Waals surface area contributed by atoms with Crippen molar-refractivity contribution in [3.8, 4) is 17.2 Å². The molecule has 2 aromatic carbocycles.